The van der Waals surface area contributed by atoms with Crippen LogP contribution in [0, 0.1) is 0 Å². The van der Waals surface area contributed by atoms with E-state index in [1.807, 2.05) is 24.3 Å². The lowest BCUT2D eigenvalue weighted by atomic mass is 10.1. The summed E-state index contributed by atoms with van der Waals surface area (Å²) in [5.41, 5.74) is 3.91. The Labute approximate surface area is 258 Å². The van der Waals surface area contributed by atoms with Crippen molar-refractivity contribution in [2.45, 2.75) is 39.0 Å². The van der Waals surface area contributed by atoms with Crippen LogP contribution in [-0.2, 0) is 37.1 Å². The van der Waals surface area contributed by atoms with Crippen molar-refractivity contribution in [2.24, 2.45) is 0 Å². The van der Waals surface area contributed by atoms with Crippen LogP contribution in [0.25, 0.3) is 22.3 Å². The van der Waals surface area contributed by atoms with Gasteiger partial charge in [-0.05, 0) is 47.5 Å². The standard InChI is InChI=1S/C30H38N6O6SSi/c1-43(38,39)42-19-22-9-10-31-26(17-22)30(37)34-24-7-5-23(6-8-24)27-18-25-28(35-11-13-40-14-12-35)32-20-33-29(25)36(27)21-41-15-16-44(2,3)4/h5-10,17-18,20H,11-16,19,21H2,1-4H3,(H,34,37). The summed E-state index contributed by atoms with van der Waals surface area (Å²) in [5, 5.41) is 3.80. The van der Waals surface area contributed by atoms with Gasteiger partial charge in [0.1, 0.15) is 30.2 Å². The number of amides is 1. The number of aromatic nitrogens is 4. The van der Waals surface area contributed by atoms with Gasteiger partial charge in [-0.25, -0.2) is 9.97 Å². The molecule has 0 spiro atoms. The van der Waals surface area contributed by atoms with E-state index in [2.05, 4.69) is 55.4 Å². The predicted molar refractivity (Wildman–Crippen MR) is 172 cm³/mol. The number of anilines is 2. The number of carbonyl (C=O) groups is 1. The van der Waals surface area contributed by atoms with Crippen LogP contribution in [0.4, 0.5) is 11.5 Å². The van der Waals surface area contributed by atoms with Gasteiger partial charge < -0.3 is 24.3 Å². The van der Waals surface area contributed by atoms with Gasteiger partial charge in [0, 0.05) is 39.7 Å². The molecule has 0 bridgehead atoms. The van der Waals surface area contributed by atoms with Crippen molar-refractivity contribution >= 4 is 46.6 Å². The van der Waals surface area contributed by atoms with Crippen molar-refractivity contribution in [1.82, 2.24) is 19.5 Å². The molecule has 1 N–H and O–H groups in total. The Morgan fingerprint density at radius 2 is 1.80 bits per heavy atom. The van der Waals surface area contributed by atoms with Gasteiger partial charge in [-0.3, -0.25) is 14.0 Å². The van der Waals surface area contributed by atoms with Gasteiger partial charge >= 0.3 is 0 Å². The molecule has 5 rings (SSSR count). The molecule has 0 atom stereocenters. The molecule has 1 fully saturated rings. The van der Waals surface area contributed by atoms with E-state index in [1.165, 1.54) is 12.3 Å². The average Bonchev–Trinajstić information content (AvgIpc) is 3.37. The van der Waals surface area contributed by atoms with E-state index in [1.54, 1.807) is 12.4 Å². The second-order valence-electron chi connectivity index (χ2n) is 11.9. The van der Waals surface area contributed by atoms with Crippen molar-refractivity contribution in [2.75, 3.05) is 49.4 Å². The topological polar surface area (TPSA) is 138 Å². The molecule has 0 radical (unpaired) electrons. The van der Waals surface area contributed by atoms with Gasteiger partial charge in [0.15, 0.2) is 0 Å². The van der Waals surface area contributed by atoms with Crippen LogP contribution in [0.5, 0.6) is 0 Å². The first kappa shape index (κ1) is 31.7. The number of benzene rings is 1. The fourth-order valence-corrected chi connectivity index (χ4v) is 5.87. The molecule has 12 nitrogen and oxygen atoms in total. The third-order valence-corrected chi connectivity index (χ3v) is 9.38. The number of carbonyl (C=O) groups excluding carboxylic acids is 1. The van der Waals surface area contributed by atoms with Crippen LogP contribution in [0.3, 0.4) is 0 Å². The maximum atomic E-state index is 12.9. The SMILES string of the molecule is C[Si](C)(C)CCOCn1c(-c2ccc(NC(=O)c3cc(COS(C)(=O)=O)ccn3)cc2)cc2c(N3CCOCC3)ncnc21. The summed E-state index contributed by atoms with van der Waals surface area (Å²) in [7, 11) is -4.86. The van der Waals surface area contributed by atoms with Gasteiger partial charge in [-0.1, -0.05) is 31.8 Å². The first-order chi connectivity index (χ1) is 21.0. The maximum absolute atomic E-state index is 12.9. The van der Waals surface area contributed by atoms with Gasteiger partial charge in [0.05, 0.1) is 37.2 Å². The summed E-state index contributed by atoms with van der Waals surface area (Å²) in [5.74, 6) is 0.454. The van der Waals surface area contributed by atoms with Crippen molar-refractivity contribution in [3.05, 3.63) is 66.2 Å². The van der Waals surface area contributed by atoms with E-state index in [9.17, 15) is 13.2 Å². The smallest absolute Gasteiger partial charge is 0.274 e. The molecule has 4 heterocycles. The highest BCUT2D eigenvalue weighted by molar-refractivity contribution is 7.85. The molecule has 1 aromatic carbocycles. The molecular weight excluding hydrogens is 601 g/mol. The molecule has 14 heteroatoms. The number of fused-ring (bicyclic) bond motifs is 1. The molecule has 1 amide bonds. The number of hydrogen-bond acceptors (Lipinski definition) is 10. The molecule has 1 saturated heterocycles. The maximum Gasteiger partial charge on any atom is 0.274 e. The summed E-state index contributed by atoms with van der Waals surface area (Å²) in [4.78, 5) is 28.5. The van der Waals surface area contributed by atoms with E-state index < -0.39 is 24.1 Å². The van der Waals surface area contributed by atoms with Crippen LogP contribution in [0.2, 0.25) is 25.7 Å². The van der Waals surface area contributed by atoms with Crippen molar-refractivity contribution < 1.29 is 26.9 Å². The van der Waals surface area contributed by atoms with Gasteiger partial charge in [-0.2, -0.15) is 8.42 Å². The Morgan fingerprint density at radius 1 is 1.05 bits per heavy atom. The molecular formula is C30H38N6O6SSi. The van der Waals surface area contributed by atoms with E-state index in [-0.39, 0.29) is 12.3 Å². The van der Waals surface area contributed by atoms with Gasteiger partial charge in [0.2, 0.25) is 0 Å². The van der Waals surface area contributed by atoms with Gasteiger partial charge in [-0.15, -0.1) is 0 Å². The largest absolute Gasteiger partial charge is 0.378 e. The second kappa shape index (κ2) is 13.5. The van der Waals surface area contributed by atoms with E-state index in [4.69, 9.17) is 13.7 Å². The Balaban J connectivity index is 1.38. The Bertz CT molecular complexity index is 1720. The minimum Gasteiger partial charge on any atom is -0.378 e. The molecule has 44 heavy (non-hydrogen) atoms. The summed E-state index contributed by atoms with van der Waals surface area (Å²) in [6.07, 6.45) is 4.02. The molecule has 0 aliphatic carbocycles. The van der Waals surface area contributed by atoms with Crippen LogP contribution in [-0.4, -0.2) is 81.1 Å². The Hall–Kier alpha value is -3.69. The number of pyridine rings is 1. The lowest BCUT2D eigenvalue weighted by Gasteiger charge is -2.28. The van der Waals surface area contributed by atoms with Crippen molar-refractivity contribution in [1.29, 1.82) is 0 Å². The number of hydrogen-bond donors (Lipinski definition) is 1. The van der Waals surface area contributed by atoms with Crippen LogP contribution < -0.4 is 10.2 Å². The zero-order valence-corrected chi connectivity index (χ0v) is 27.3. The summed E-state index contributed by atoms with van der Waals surface area (Å²) < 4.78 is 41.3. The lowest BCUT2D eigenvalue weighted by molar-refractivity contribution is 0.0909. The number of ether oxygens (including phenoxy) is 2. The highest BCUT2D eigenvalue weighted by Gasteiger charge is 2.21. The van der Waals surface area contributed by atoms with Crippen LogP contribution >= 0.6 is 0 Å². The molecule has 1 aliphatic rings. The number of rotatable bonds is 12. The second-order valence-corrected chi connectivity index (χ2v) is 19.2. The van der Waals surface area contributed by atoms with Gasteiger partial charge in [0.25, 0.3) is 16.0 Å². The Morgan fingerprint density at radius 3 is 2.50 bits per heavy atom. The number of nitrogens with zero attached hydrogens (tertiary/aromatic N) is 5. The third kappa shape index (κ3) is 8.27. The molecule has 1 aliphatic heterocycles. The van der Waals surface area contributed by atoms with E-state index in [0.717, 1.165) is 53.5 Å². The summed E-state index contributed by atoms with van der Waals surface area (Å²) >= 11 is 0. The van der Waals surface area contributed by atoms with E-state index >= 15 is 0 Å². The minimum absolute atomic E-state index is 0.147. The highest BCUT2D eigenvalue weighted by atomic mass is 32.2. The molecule has 0 unspecified atom stereocenters. The predicted octanol–water partition coefficient (Wildman–Crippen LogP) is 4.37. The molecule has 234 valence electrons. The quantitative estimate of drug-likeness (QED) is 0.135. The fourth-order valence-electron chi connectivity index (χ4n) is 4.76. The van der Waals surface area contributed by atoms with E-state index in [0.29, 0.717) is 37.8 Å². The normalized spacial score (nSPS) is 14.2. The molecule has 4 aromatic rings. The number of nitrogens with one attached hydrogen (secondary N) is 1. The lowest BCUT2D eigenvalue weighted by Crippen LogP contribution is -2.36. The zero-order valence-electron chi connectivity index (χ0n) is 25.4. The van der Waals surface area contributed by atoms with Crippen LogP contribution in [0.1, 0.15) is 16.1 Å². The third-order valence-electron chi connectivity index (χ3n) is 7.13. The molecule has 3 aromatic heterocycles. The number of morpholine rings is 1. The van der Waals surface area contributed by atoms with Crippen molar-refractivity contribution in [3.63, 3.8) is 0 Å². The first-order valence-electron chi connectivity index (χ1n) is 14.4. The zero-order chi connectivity index (χ0) is 31.3. The van der Waals surface area contributed by atoms with Crippen molar-refractivity contribution in [3.8, 4) is 11.3 Å². The highest BCUT2D eigenvalue weighted by Crippen LogP contribution is 2.33. The average molecular weight is 639 g/mol. The summed E-state index contributed by atoms with van der Waals surface area (Å²) in [6, 6.07) is 13.8. The minimum atomic E-state index is -3.61. The van der Waals surface area contributed by atoms with Crippen LogP contribution in [0.15, 0.2) is 55.0 Å². The Kier molecular flexibility index (Phi) is 9.75. The summed E-state index contributed by atoms with van der Waals surface area (Å²) in [6.45, 7) is 10.7. The molecule has 0 saturated carbocycles. The fraction of sp³-hybridized carbons (Fsp3) is 0.400. The first-order valence-corrected chi connectivity index (χ1v) is 19.9. The monoisotopic (exact) mass is 638 g/mol.